The highest BCUT2D eigenvalue weighted by Crippen LogP contribution is 2.23. The highest BCUT2D eigenvalue weighted by atomic mass is 32.2. The van der Waals surface area contributed by atoms with Crippen molar-refractivity contribution >= 4 is 21.6 Å². The molecule has 4 rings (SSSR count). The number of piperidine rings is 1. The number of hydrogen-bond donors (Lipinski definition) is 2. The zero-order valence-corrected chi connectivity index (χ0v) is 17.2. The van der Waals surface area contributed by atoms with Crippen LogP contribution in [-0.2, 0) is 16.6 Å². The molecule has 0 radical (unpaired) electrons. The number of hydrogen-bond acceptors (Lipinski definition) is 4. The normalized spacial score (nSPS) is 17.8. The molecule has 1 aliphatic heterocycles. The Morgan fingerprint density at radius 1 is 1.00 bits per heavy atom. The lowest BCUT2D eigenvalue weighted by Gasteiger charge is -2.26. The number of carbonyl (C=O) groups excluding carboxylic acids is 1. The van der Waals surface area contributed by atoms with Crippen molar-refractivity contribution in [2.45, 2.75) is 49.6 Å². The summed E-state index contributed by atoms with van der Waals surface area (Å²) in [5, 5.41) is 2.89. The van der Waals surface area contributed by atoms with Crippen molar-refractivity contribution in [3.05, 3.63) is 59.7 Å². The van der Waals surface area contributed by atoms with Gasteiger partial charge in [0.15, 0.2) is 0 Å². The Labute approximate surface area is 172 Å². The molecule has 1 amide bonds. The van der Waals surface area contributed by atoms with Crippen molar-refractivity contribution in [2.75, 3.05) is 18.4 Å². The maximum absolute atomic E-state index is 12.7. The molecule has 1 aliphatic carbocycles. The van der Waals surface area contributed by atoms with Gasteiger partial charge >= 0.3 is 0 Å². The smallest absolute Gasteiger partial charge is 0.255 e. The van der Waals surface area contributed by atoms with Gasteiger partial charge in [-0.25, -0.2) is 13.1 Å². The molecule has 0 spiro atoms. The van der Waals surface area contributed by atoms with Gasteiger partial charge in [-0.2, -0.15) is 0 Å². The Balaban J connectivity index is 1.44. The zero-order valence-electron chi connectivity index (χ0n) is 16.4. The lowest BCUT2D eigenvalue weighted by molar-refractivity contribution is 0.102. The van der Waals surface area contributed by atoms with E-state index in [1.54, 1.807) is 12.1 Å². The maximum atomic E-state index is 12.7. The van der Waals surface area contributed by atoms with Crippen LogP contribution in [0, 0.1) is 0 Å². The first-order chi connectivity index (χ1) is 14.0. The Morgan fingerprint density at radius 3 is 2.52 bits per heavy atom. The van der Waals surface area contributed by atoms with Crippen molar-refractivity contribution in [3.63, 3.8) is 0 Å². The molecule has 2 aromatic carbocycles. The number of amides is 1. The minimum Gasteiger partial charge on any atom is -0.322 e. The van der Waals surface area contributed by atoms with Crippen LogP contribution in [-0.4, -0.2) is 38.4 Å². The Morgan fingerprint density at radius 2 is 1.76 bits per heavy atom. The number of nitrogens with one attached hydrogen (secondary N) is 2. The number of rotatable bonds is 7. The summed E-state index contributed by atoms with van der Waals surface area (Å²) in [6.45, 7) is 3.11. The molecule has 2 aliphatic rings. The molecule has 7 heteroatoms. The minimum atomic E-state index is -3.58. The van der Waals surface area contributed by atoms with Gasteiger partial charge in [-0.3, -0.25) is 9.69 Å². The van der Waals surface area contributed by atoms with Gasteiger partial charge in [-0.1, -0.05) is 24.6 Å². The van der Waals surface area contributed by atoms with Gasteiger partial charge in [0, 0.05) is 23.8 Å². The lowest BCUT2D eigenvalue weighted by atomic mass is 10.1. The van der Waals surface area contributed by atoms with E-state index in [9.17, 15) is 13.2 Å². The summed E-state index contributed by atoms with van der Waals surface area (Å²) in [6.07, 6.45) is 5.52. The van der Waals surface area contributed by atoms with Crippen molar-refractivity contribution in [2.24, 2.45) is 0 Å². The second-order valence-corrected chi connectivity index (χ2v) is 9.63. The molecule has 2 fully saturated rings. The van der Waals surface area contributed by atoms with Gasteiger partial charge in [0.05, 0.1) is 4.90 Å². The third kappa shape index (κ3) is 5.44. The monoisotopic (exact) mass is 413 g/mol. The summed E-state index contributed by atoms with van der Waals surface area (Å²) in [6, 6.07) is 14.1. The first kappa shape index (κ1) is 20.1. The van der Waals surface area contributed by atoms with E-state index >= 15 is 0 Å². The van der Waals surface area contributed by atoms with Crippen LogP contribution in [0.3, 0.4) is 0 Å². The van der Waals surface area contributed by atoms with Gasteiger partial charge in [0.25, 0.3) is 5.91 Å². The van der Waals surface area contributed by atoms with Gasteiger partial charge in [-0.15, -0.1) is 0 Å². The van der Waals surface area contributed by atoms with Crippen LogP contribution in [0.5, 0.6) is 0 Å². The van der Waals surface area contributed by atoms with Crippen LogP contribution in [0.1, 0.15) is 48.0 Å². The molecule has 2 aromatic rings. The molecular weight excluding hydrogens is 386 g/mol. The Kier molecular flexibility index (Phi) is 5.99. The largest absolute Gasteiger partial charge is 0.322 e. The summed E-state index contributed by atoms with van der Waals surface area (Å²) < 4.78 is 27.4. The summed E-state index contributed by atoms with van der Waals surface area (Å²) in [5.74, 6) is -0.316. The van der Waals surface area contributed by atoms with Crippen LogP contribution in [0.2, 0.25) is 0 Å². The highest BCUT2D eigenvalue weighted by Gasteiger charge is 2.28. The molecule has 2 N–H and O–H groups in total. The molecule has 0 bridgehead atoms. The lowest BCUT2D eigenvalue weighted by Crippen LogP contribution is -2.29. The zero-order chi connectivity index (χ0) is 20.3. The van der Waals surface area contributed by atoms with E-state index in [1.165, 1.54) is 31.4 Å². The van der Waals surface area contributed by atoms with E-state index < -0.39 is 10.0 Å². The van der Waals surface area contributed by atoms with Gasteiger partial charge in [-0.05, 0) is 74.7 Å². The Hall–Kier alpha value is -2.22. The van der Waals surface area contributed by atoms with Crippen LogP contribution in [0.4, 0.5) is 5.69 Å². The van der Waals surface area contributed by atoms with Crippen LogP contribution in [0.15, 0.2) is 53.4 Å². The number of sulfonamides is 1. The number of carbonyl (C=O) groups is 1. The number of benzene rings is 2. The van der Waals surface area contributed by atoms with E-state index in [0.717, 1.165) is 38.0 Å². The third-order valence-corrected chi connectivity index (χ3v) is 6.86. The highest BCUT2D eigenvalue weighted by molar-refractivity contribution is 7.89. The average molecular weight is 414 g/mol. The van der Waals surface area contributed by atoms with E-state index in [4.69, 9.17) is 0 Å². The molecule has 154 valence electrons. The standard InChI is InChI=1S/C22H27N3O3S/c26-22(18-7-5-9-21(15-18)29(27,28)24-19-10-11-19)23-20-8-4-6-17(14-20)16-25-12-2-1-3-13-25/h4-9,14-15,19,24H,1-3,10-13,16H2,(H,23,26). The van der Waals surface area contributed by atoms with Gasteiger partial charge in [0.2, 0.25) is 10.0 Å². The molecule has 1 heterocycles. The molecule has 1 saturated carbocycles. The maximum Gasteiger partial charge on any atom is 0.255 e. The molecule has 0 aromatic heterocycles. The molecule has 6 nitrogen and oxygen atoms in total. The van der Waals surface area contributed by atoms with E-state index in [0.29, 0.717) is 11.3 Å². The number of anilines is 1. The van der Waals surface area contributed by atoms with E-state index in [-0.39, 0.29) is 16.8 Å². The fourth-order valence-electron chi connectivity index (χ4n) is 3.62. The summed E-state index contributed by atoms with van der Waals surface area (Å²) >= 11 is 0. The second kappa shape index (κ2) is 8.65. The van der Waals surface area contributed by atoms with Gasteiger partial charge < -0.3 is 5.32 Å². The molecule has 29 heavy (non-hydrogen) atoms. The van der Waals surface area contributed by atoms with Crippen molar-refractivity contribution in [3.8, 4) is 0 Å². The van der Waals surface area contributed by atoms with Crippen LogP contribution < -0.4 is 10.0 Å². The summed E-state index contributed by atoms with van der Waals surface area (Å²) in [4.78, 5) is 15.2. The molecular formula is C22H27N3O3S. The number of nitrogens with zero attached hydrogens (tertiary/aromatic N) is 1. The van der Waals surface area contributed by atoms with E-state index in [2.05, 4.69) is 21.0 Å². The SMILES string of the molecule is O=C(Nc1cccc(CN2CCCCC2)c1)c1cccc(S(=O)(=O)NC2CC2)c1. The quantitative estimate of drug-likeness (QED) is 0.730. The van der Waals surface area contributed by atoms with Crippen molar-refractivity contribution in [1.29, 1.82) is 0 Å². The van der Waals surface area contributed by atoms with Crippen molar-refractivity contribution in [1.82, 2.24) is 9.62 Å². The number of likely N-dealkylation sites (tertiary alicyclic amines) is 1. The molecule has 0 atom stereocenters. The van der Waals surface area contributed by atoms with Crippen molar-refractivity contribution < 1.29 is 13.2 Å². The summed E-state index contributed by atoms with van der Waals surface area (Å²) in [5.41, 5.74) is 2.20. The summed E-state index contributed by atoms with van der Waals surface area (Å²) in [7, 11) is -3.58. The van der Waals surface area contributed by atoms with E-state index in [1.807, 2.05) is 18.2 Å². The predicted octanol–water partition coefficient (Wildman–Crippen LogP) is 3.37. The molecule has 0 unspecified atom stereocenters. The molecule has 1 saturated heterocycles. The first-order valence-corrected chi connectivity index (χ1v) is 11.7. The average Bonchev–Trinajstić information content (AvgIpc) is 3.52. The first-order valence-electron chi connectivity index (χ1n) is 10.2. The minimum absolute atomic E-state index is 0.0279. The fraction of sp³-hybridized carbons (Fsp3) is 0.409. The van der Waals surface area contributed by atoms with Crippen LogP contribution >= 0.6 is 0 Å². The predicted molar refractivity (Wildman–Crippen MR) is 113 cm³/mol. The topological polar surface area (TPSA) is 78.5 Å². The third-order valence-electron chi connectivity index (χ3n) is 5.35. The van der Waals surface area contributed by atoms with Crippen LogP contribution in [0.25, 0.3) is 0 Å². The second-order valence-electron chi connectivity index (χ2n) is 7.91. The van der Waals surface area contributed by atoms with Gasteiger partial charge in [0.1, 0.15) is 0 Å². The fourth-order valence-corrected chi connectivity index (χ4v) is 4.97. The Bertz CT molecular complexity index is 980.